The van der Waals surface area contributed by atoms with Crippen LogP contribution in [0.5, 0.6) is 23.0 Å². The van der Waals surface area contributed by atoms with Crippen molar-refractivity contribution in [2.75, 3.05) is 26.9 Å². The molecule has 0 aliphatic carbocycles. The average molecular weight is 664 g/mol. The number of hydrazone groups is 1. The number of carbonyl (C=O) groups excluding carboxylic acids is 2. The van der Waals surface area contributed by atoms with Crippen molar-refractivity contribution in [1.29, 1.82) is 0 Å². The minimum atomic E-state index is -1.19. The number of rotatable bonds is 16. The largest absolute Gasteiger partial charge is 0.490 e. The number of hydrogen-bond donors (Lipinski definition) is 4. The summed E-state index contributed by atoms with van der Waals surface area (Å²) in [6, 6.07) is 15.0. The highest BCUT2D eigenvalue weighted by molar-refractivity contribution is 5.95. The molecule has 1 aliphatic heterocycles. The number of carbonyl (C=O) groups is 2. The first-order valence-electron chi connectivity index (χ1n) is 15.0. The molecule has 15 nitrogen and oxygen atoms in total. The number of ether oxygens (including phenoxy) is 5. The van der Waals surface area contributed by atoms with E-state index in [0.29, 0.717) is 58.6 Å². The van der Waals surface area contributed by atoms with E-state index in [1.54, 1.807) is 62.4 Å². The molecule has 0 saturated heterocycles. The fraction of sp³-hybridized carbons (Fsp3) is 0.303. The van der Waals surface area contributed by atoms with E-state index in [1.807, 2.05) is 6.92 Å². The predicted molar refractivity (Wildman–Crippen MR) is 174 cm³/mol. The van der Waals surface area contributed by atoms with Gasteiger partial charge in [-0.2, -0.15) is 5.10 Å². The first-order chi connectivity index (χ1) is 23.1. The van der Waals surface area contributed by atoms with E-state index >= 15 is 0 Å². The molecule has 2 atom stereocenters. The monoisotopic (exact) mass is 663 g/mol. The standard InChI is InChI=1S/C33H37N5O10/c1-5-45-27-15-21(10-12-25(27)47-18-22-8-7-9-24(14-22)38(42)43)17-34-37-29(39)19-48-26-13-11-23(16-28(26)46-6-2)31-30(32(40)44-4)20(3)35-33(41)36-31/h7-17,29,31,37,39H,5-6,18-19H2,1-4H3,(H2,35,36,41)/b34-17-/t29-,31-/m0/s1. The van der Waals surface area contributed by atoms with Gasteiger partial charge in [-0.05, 0) is 67.8 Å². The molecule has 0 radical (unpaired) electrons. The second-order valence-electron chi connectivity index (χ2n) is 10.3. The van der Waals surface area contributed by atoms with Crippen molar-refractivity contribution >= 4 is 23.9 Å². The number of aliphatic hydroxyl groups excluding tert-OH is 1. The van der Waals surface area contributed by atoms with Crippen molar-refractivity contribution in [2.45, 2.75) is 39.6 Å². The molecule has 4 rings (SSSR count). The van der Waals surface area contributed by atoms with Crippen molar-refractivity contribution < 1.29 is 43.3 Å². The molecule has 0 fully saturated rings. The van der Waals surface area contributed by atoms with E-state index in [4.69, 9.17) is 23.7 Å². The molecule has 0 bridgehead atoms. The Morgan fingerprint density at radius 2 is 1.73 bits per heavy atom. The molecule has 3 aromatic carbocycles. The number of nitrogens with one attached hydrogen (secondary N) is 3. The zero-order chi connectivity index (χ0) is 34.6. The highest BCUT2D eigenvalue weighted by Gasteiger charge is 2.32. The lowest BCUT2D eigenvalue weighted by atomic mass is 9.95. The molecule has 1 heterocycles. The SMILES string of the molecule is CCOc1cc(/C=N\N[C@@H](O)COc2ccc([C@@H]3NC(=O)NC(C)=C3C(=O)OC)cc2OCC)ccc1OCc1cccc([N+](=O)[O-])c1. The van der Waals surface area contributed by atoms with Crippen LogP contribution in [-0.2, 0) is 16.1 Å². The van der Waals surface area contributed by atoms with Gasteiger partial charge in [0.25, 0.3) is 5.69 Å². The van der Waals surface area contributed by atoms with Gasteiger partial charge < -0.3 is 39.4 Å². The summed E-state index contributed by atoms with van der Waals surface area (Å²) < 4.78 is 28.0. The Balaban J connectivity index is 1.37. The summed E-state index contributed by atoms with van der Waals surface area (Å²) in [6.45, 7) is 5.84. The minimum Gasteiger partial charge on any atom is -0.490 e. The number of hydrogen-bond acceptors (Lipinski definition) is 12. The molecular weight excluding hydrogens is 626 g/mol. The van der Waals surface area contributed by atoms with E-state index in [-0.39, 0.29) is 24.5 Å². The third-order valence-electron chi connectivity index (χ3n) is 6.89. The van der Waals surface area contributed by atoms with Crippen LogP contribution in [0.1, 0.15) is 43.5 Å². The van der Waals surface area contributed by atoms with Crippen molar-refractivity contribution in [3.05, 3.63) is 98.7 Å². The molecule has 3 aromatic rings. The summed E-state index contributed by atoms with van der Waals surface area (Å²) in [5, 5.41) is 30.9. The molecule has 0 spiro atoms. The molecule has 0 aromatic heterocycles. The van der Waals surface area contributed by atoms with Crippen molar-refractivity contribution in [1.82, 2.24) is 16.1 Å². The first kappa shape index (κ1) is 35.0. The van der Waals surface area contributed by atoms with Gasteiger partial charge in [0.15, 0.2) is 29.2 Å². The maximum absolute atomic E-state index is 12.5. The fourth-order valence-corrected chi connectivity index (χ4v) is 4.73. The molecule has 2 amide bonds. The normalized spacial score (nSPS) is 14.9. The molecule has 1 aliphatic rings. The number of nitro benzene ring substituents is 1. The second-order valence-corrected chi connectivity index (χ2v) is 10.3. The number of methoxy groups -OCH3 is 1. The lowest BCUT2D eigenvalue weighted by Gasteiger charge is -2.28. The van der Waals surface area contributed by atoms with E-state index in [0.717, 1.165) is 0 Å². The lowest BCUT2D eigenvalue weighted by Crippen LogP contribution is -2.45. The van der Waals surface area contributed by atoms with Crippen LogP contribution >= 0.6 is 0 Å². The summed E-state index contributed by atoms with van der Waals surface area (Å²) in [6.07, 6.45) is 0.289. The molecule has 4 N–H and O–H groups in total. The average Bonchev–Trinajstić information content (AvgIpc) is 3.07. The van der Waals surface area contributed by atoms with Gasteiger partial charge >= 0.3 is 12.0 Å². The van der Waals surface area contributed by atoms with Gasteiger partial charge in [-0.15, -0.1) is 0 Å². The number of aliphatic hydroxyl groups is 1. The Hall–Kier alpha value is -5.83. The van der Waals surface area contributed by atoms with Gasteiger partial charge in [0.1, 0.15) is 13.2 Å². The van der Waals surface area contributed by atoms with Crippen LogP contribution < -0.4 is 35.0 Å². The summed E-state index contributed by atoms with van der Waals surface area (Å²) >= 11 is 0. The number of nitrogens with zero attached hydrogens (tertiary/aromatic N) is 2. The van der Waals surface area contributed by atoms with Crippen LogP contribution in [0.3, 0.4) is 0 Å². The van der Waals surface area contributed by atoms with Crippen LogP contribution in [0.25, 0.3) is 0 Å². The Morgan fingerprint density at radius 1 is 1.02 bits per heavy atom. The first-order valence-corrected chi connectivity index (χ1v) is 15.0. The molecular formula is C33H37N5O10. The number of esters is 1. The number of amides is 2. The van der Waals surface area contributed by atoms with Gasteiger partial charge in [-0.25, -0.2) is 9.59 Å². The summed E-state index contributed by atoms with van der Waals surface area (Å²) in [7, 11) is 1.26. The fourth-order valence-electron chi connectivity index (χ4n) is 4.73. The van der Waals surface area contributed by atoms with Crippen LogP contribution in [0.15, 0.2) is 77.0 Å². The van der Waals surface area contributed by atoms with Gasteiger partial charge in [-0.3, -0.25) is 15.5 Å². The van der Waals surface area contributed by atoms with Gasteiger partial charge in [0.05, 0.1) is 43.1 Å². The third-order valence-corrected chi connectivity index (χ3v) is 6.89. The van der Waals surface area contributed by atoms with Crippen LogP contribution in [0, 0.1) is 10.1 Å². The van der Waals surface area contributed by atoms with Crippen LogP contribution in [0.2, 0.25) is 0 Å². The number of nitro groups is 1. The number of benzene rings is 3. The van der Waals surface area contributed by atoms with Crippen LogP contribution in [0.4, 0.5) is 10.5 Å². The minimum absolute atomic E-state index is 0.0207. The highest BCUT2D eigenvalue weighted by Crippen LogP contribution is 2.35. The highest BCUT2D eigenvalue weighted by atomic mass is 16.6. The second kappa shape index (κ2) is 16.6. The van der Waals surface area contributed by atoms with E-state index < -0.39 is 29.2 Å². The molecule has 0 unspecified atom stereocenters. The number of non-ortho nitro benzene ring substituents is 1. The van der Waals surface area contributed by atoms with E-state index in [1.165, 1.54) is 25.5 Å². The summed E-state index contributed by atoms with van der Waals surface area (Å²) in [5.74, 6) is 0.989. The Bertz CT molecular complexity index is 1690. The van der Waals surface area contributed by atoms with Gasteiger partial charge in [0.2, 0.25) is 0 Å². The zero-order valence-electron chi connectivity index (χ0n) is 26.8. The Morgan fingerprint density at radius 3 is 2.44 bits per heavy atom. The van der Waals surface area contributed by atoms with Crippen molar-refractivity contribution in [3.8, 4) is 23.0 Å². The van der Waals surface area contributed by atoms with E-state index in [2.05, 4.69) is 21.2 Å². The zero-order valence-corrected chi connectivity index (χ0v) is 26.8. The van der Waals surface area contributed by atoms with Crippen LogP contribution in [-0.4, -0.2) is 61.4 Å². The van der Waals surface area contributed by atoms with Gasteiger partial charge in [-0.1, -0.05) is 18.2 Å². The smallest absolute Gasteiger partial charge is 0.337 e. The van der Waals surface area contributed by atoms with E-state index in [9.17, 15) is 24.8 Å². The molecule has 0 saturated carbocycles. The quantitative estimate of drug-likeness (QED) is 0.0567. The Labute approximate surface area is 276 Å². The maximum atomic E-state index is 12.5. The number of allylic oxidation sites excluding steroid dienone is 1. The Kier molecular flexibility index (Phi) is 12.2. The van der Waals surface area contributed by atoms with Crippen molar-refractivity contribution in [2.24, 2.45) is 5.10 Å². The topological polar surface area (TPSA) is 192 Å². The molecule has 15 heteroatoms. The summed E-state index contributed by atoms with van der Waals surface area (Å²) in [5.41, 5.74) is 5.05. The molecule has 48 heavy (non-hydrogen) atoms. The maximum Gasteiger partial charge on any atom is 0.337 e. The summed E-state index contributed by atoms with van der Waals surface area (Å²) in [4.78, 5) is 35.2. The van der Waals surface area contributed by atoms with Gasteiger partial charge in [0, 0.05) is 17.8 Å². The third kappa shape index (κ3) is 9.13. The predicted octanol–water partition coefficient (Wildman–Crippen LogP) is 4.09. The molecule has 254 valence electrons. The lowest BCUT2D eigenvalue weighted by molar-refractivity contribution is -0.384. The van der Waals surface area contributed by atoms with Crippen molar-refractivity contribution in [3.63, 3.8) is 0 Å². The number of urea groups is 1.